The Labute approximate surface area is 161 Å². The van der Waals surface area contributed by atoms with Gasteiger partial charge in [0.2, 0.25) is 0 Å². The van der Waals surface area contributed by atoms with Gasteiger partial charge in [0.1, 0.15) is 0 Å². The molecule has 0 heterocycles. The van der Waals surface area contributed by atoms with Crippen molar-refractivity contribution >= 4 is 0 Å². The Bertz CT molecular complexity index is 512. The van der Waals surface area contributed by atoms with E-state index in [-0.39, 0.29) is 0 Å². The lowest BCUT2D eigenvalue weighted by Crippen LogP contribution is -2.31. The summed E-state index contributed by atoms with van der Waals surface area (Å²) < 4.78 is 0. The van der Waals surface area contributed by atoms with Crippen molar-refractivity contribution in [1.82, 2.24) is 4.90 Å². The second kappa shape index (κ2) is 12.7. The van der Waals surface area contributed by atoms with Crippen LogP contribution in [-0.2, 0) is 0 Å². The van der Waals surface area contributed by atoms with Gasteiger partial charge in [-0.15, -0.1) is 0 Å². The van der Waals surface area contributed by atoms with Gasteiger partial charge in [-0.3, -0.25) is 4.90 Å². The van der Waals surface area contributed by atoms with Crippen LogP contribution in [0.3, 0.4) is 0 Å². The van der Waals surface area contributed by atoms with Gasteiger partial charge in [-0.25, -0.2) is 0 Å². The number of hydrogen-bond acceptors (Lipinski definition) is 1. The predicted octanol–water partition coefficient (Wildman–Crippen LogP) is 7.24. The minimum Gasteiger partial charge on any atom is -0.292 e. The van der Waals surface area contributed by atoms with E-state index in [0.29, 0.717) is 6.04 Å². The minimum absolute atomic E-state index is 0.376. The van der Waals surface area contributed by atoms with E-state index in [1.54, 1.807) is 0 Å². The van der Waals surface area contributed by atoms with Crippen LogP contribution < -0.4 is 0 Å². The molecule has 0 aliphatic heterocycles. The molecule has 0 amide bonds. The Morgan fingerprint density at radius 3 is 1.38 bits per heavy atom. The van der Waals surface area contributed by atoms with Crippen LogP contribution in [0.25, 0.3) is 0 Å². The highest BCUT2D eigenvalue weighted by molar-refractivity contribution is 5.31. The van der Waals surface area contributed by atoms with Crippen molar-refractivity contribution in [1.29, 1.82) is 0 Å². The van der Waals surface area contributed by atoms with E-state index < -0.39 is 0 Å². The maximum Gasteiger partial charge on any atom is 0.0601 e. The predicted molar refractivity (Wildman–Crippen MR) is 115 cm³/mol. The quantitative estimate of drug-likeness (QED) is 0.344. The van der Waals surface area contributed by atoms with E-state index in [9.17, 15) is 0 Å². The summed E-state index contributed by atoms with van der Waals surface area (Å²) in [5.41, 5.74) is 2.84. The zero-order chi connectivity index (χ0) is 18.5. The third-order valence-corrected chi connectivity index (χ3v) is 5.19. The lowest BCUT2D eigenvalue weighted by molar-refractivity contribution is 0.215. The van der Waals surface area contributed by atoms with Crippen LogP contribution in [0.15, 0.2) is 60.7 Å². The molecule has 2 rings (SSSR count). The highest BCUT2D eigenvalue weighted by Crippen LogP contribution is 2.29. The summed E-state index contributed by atoms with van der Waals surface area (Å²) in [4.78, 5) is 2.73. The number of hydrogen-bond donors (Lipinski definition) is 0. The molecule has 0 aliphatic carbocycles. The van der Waals surface area contributed by atoms with Gasteiger partial charge in [0.25, 0.3) is 0 Å². The molecule has 1 heteroatoms. The third-order valence-electron chi connectivity index (χ3n) is 5.19. The lowest BCUT2D eigenvalue weighted by Gasteiger charge is -2.33. The fourth-order valence-corrected chi connectivity index (χ4v) is 3.74. The minimum atomic E-state index is 0.376. The SMILES string of the molecule is CCCCCCN(CCCCCC)C(c1ccccc1)c1ccccc1. The first-order valence-electron chi connectivity index (χ1n) is 10.7. The molecule has 0 N–H and O–H groups in total. The second-order valence-electron chi connectivity index (χ2n) is 7.38. The summed E-state index contributed by atoms with van der Waals surface area (Å²) in [5, 5.41) is 0. The Balaban J connectivity index is 2.18. The standard InChI is InChI=1S/C25H37N/c1-3-5-7-15-21-26(22-16-8-6-4-2)25(23-17-11-9-12-18-23)24-19-13-10-14-20-24/h9-14,17-20,25H,3-8,15-16,21-22H2,1-2H3. The maximum atomic E-state index is 2.73. The molecule has 26 heavy (non-hydrogen) atoms. The fourth-order valence-electron chi connectivity index (χ4n) is 3.74. The average Bonchev–Trinajstić information content (AvgIpc) is 2.70. The largest absolute Gasteiger partial charge is 0.292 e. The Morgan fingerprint density at radius 2 is 1.00 bits per heavy atom. The average molecular weight is 352 g/mol. The Morgan fingerprint density at radius 1 is 0.577 bits per heavy atom. The van der Waals surface area contributed by atoms with Gasteiger partial charge in [0, 0.05) is 0 Å². The normalized spacial score (nSPS) is 11.4. The fraction of sp³-hybridized carbons (Fsp3) is 0.520. The molecule has 0 saturated carbocycles. The van der Waals surface area contributed by atoms with Gasteiger partial charge >= 0.3 is 0 Å². The maximum absolute atomic E-state index is 2.73. The molecular formula is C25H37N. The van der Waals surface area contributed by atoms with Crippen LogP contribution in [0.5, 0.6) is 0 Å². The van der Waals surface area contributed by atoms with E-state index in [4.69, 9.17) is 0 Å². The van der Waals surface area contributed by atoms with E-state index in [0.717, 1.165) is 0 Å². The zero-order valence-electron chi connectivity index (χ0n) is 16.9. The van der Waals surface area contributed by atoms with Crippen LogP contribution in [0.2, 0.25) is 0 Å². The van der Waals surface area contributed by atoms with Crippen molar-refractivity contribution in [3.8, 4) is 0 Å². The molecule has 0 aliphatic rings. The molecule has 0 saturated heterocycles. The molecule has 0 atom stereocenters. The smallest absolute Gasteiger partial charge is 0.0601 e. The van der Waals surface area contributed by atoms with Gasteiger partial charge in [-0.1, -0.05) is 113 Å². The van der Waals surface area contributed by atoms with Gasteiger partial charge in [0.05, 0.1) is 6.04 Å². The van der Waals surface area contributed by atoms with E-state index in [1.165, 1.54) is 75.6 Å². The molecule has 0 unspecified atom stereocenters. The monoisotopic (exact) mass is 351 g/mol. The molecule has 1 nitrogen and oxygen atoms in total. The topological polar surface area (TPSA) is 3.24 Å². The molecule has 0 bridgehead atoms. The van der Waals surface area contributed by atoms with Crippen LogP contribution in [0, 0.1) is 0 Å². The van der Waals surface area contributed by atoms with Crippen molar-refractivity contribution in [2.24, 2.45) is 0 Å². The first kappa shape index (κ1) is 20.7. The Hall–Kier alpha value is -1.60. The van der Waals surface area contributed by atoms with Gasteiger partial charge < -0.3 is 0 Å². The summed E-state index contributed by atoms with van der Waals surface area (Å²) in [7, 11) is 0. The zero-order valence-corrected chi connectivity index (χ0v) is 16.9. The summed E-state index contributed by atoms with van der Waals surface area (Å²) in [6.45, 7) is 6.97. The first-order chi connectivity index (χ1) is 12.9. The number of benzene rings is 2. The third kappa shape index (κ3) is 6.96. The molecule has 142 valence electrons. The van der Waals surface area contributed by atoms with Crippen LogP contribution in [0.4, 0.5) is 0 Å². The van der Waals surface area contributed by atoms with Gasteiger partial charge in [0.15, 0.2) is 0 Å². The number of rotatable bonds is 13. The number of nitrogens with zero attached hydrogens (tertiary/aromatic N) is 1. The van der Waals surface area contributed by atoms with Crippen LogP contribution in [0.1, 0.15) is 82.4 Å². The van der Waals surface area contributed by atoms with Crippen LogP contribution in [-0.4, -0.2) is 18.0 Å². The van der Waals surface area contributed by atoms with Crippen molar-refractivity contribution in [2.45, 2.75) is 71.3 Å². The lowest BCUT2D eigenvalue weighted by atomic mass is 9.96. The van der Waals surface area contributed by atoms with Crippen molar-refractivity contribution in [3.05, 3.63) is 71.8 Å². The number of unbranched alkanes of at least 4 members (excludes halogenated alkanes) is 6. The summed E-state index contributed by atoms with van der Waals surface area (Å²) in [6, 6.07) is 22.5. The molecule has 2 aromatic rings. The molecule has 0 spiro atoms. The molecule has 0 fully saturated rings. The summed E-state index contributed by atoms with van der Waals surface area (Å²) in [5.74, 6) is 0. The van der Waals surface area contributed by atoms with Crippen LogP contribution >= 0.6 is 0 Å². The Kier molecular flexibility index (Phi) is 10.1. The first-order valence-corrected chi connectivity index (χ1v) is 10.7. The van der Waals surface area contributed by atoms with E-state index in [1.807, 2.05) is 0 Å². The van der Waals surface area contributed by atoms with E-state index in [2.05, 4.69) is 79.4 Å². The molecule has 0 radical (unpaired) electrons. The summed E-state index contributed by atoms with van der Waals surface area (Å²) >= 11 is 0. The molecular weight excluding hydrogens is 314 g/mol. The highest BCUT2D eigenvalue weighted by Gasteiger charge is 2.21. The van der Waals surface area contributed by atoms with Gasteiger partial charge in [-0.05, 0) is 37.1 Å². The van der Waals surface area contributed by atoms with E-state index >= 15 is 0 Å². The van der Waals surface area contributed by atoms with Crippen molar-refractivity contribution < 1.29 is 0 Å². The highest BCUT2D eigenvalue weighted by atomic mass is 15.2. The molecule has 0 aromatic heterocycles. The van der Waals surface area contributed by atoms with Gasteiger partial charge in [-0.2, -0.15) is 0 Å². The van der Waals surface area contributed by atoms with Crippen molar-refractivity contribution in [3.63, 3.8) is 0 Å². The summed E-state index contributed by atoms with van der Waals surface area (Å²) in [6.07, 6.45) is 10.6. The molecule has 2 aromatic carbocycles. The van der Waals surface area contributed by atoms with Crippen molar-refractivity contribution in [2.75, 3.05) is 13.1 Å². The second-order valence-corrected chi connectivity index (χ2v) is 7.38.